The number of nitrogens with zero attached hydrogens (tertiary/aromatic N) is 2. The normalized spacial score (nSPS) is 11.3. The zero-order chi connectivity index (χ0) is 39.8. The van der Waals surface area contributed by atoms with Crippen molar-refractivity contribution in [3.63, 3.8) is 0 Å². The minimum atomic E-state index is 1.08. The van der Waals surface area contributed by atoms with E-state index < -0.39 is 0 Å². The number of rotatable bonds is 8. The second-order valence-electron chi connectivity index (χ2n) is 15.3. The number of hydrogen-bond donors (Lipinski definition) is 0. The maximum atomic E-state index is 2.42. The quantitative estimate of drug-likeness (QED) is 0.150. The third-order valence-corrected chi connectivity index (χ3v) is 11.8. The number of fused-ring (bicyclic) bond motifs is 4. The summed E-state index contributed by atoms with van der Waals surface area (Å²) in [6.07, 6.45) is 0. The van der Waals surface area contributed by atoms with Crippen LogP contribution in [0.25, 0.3) is 82.8 Å². The summed E-state index contributed by atoms with van der Waals surface area (Å²) in [7, 11) is 0. The Morgan fingerprint density at radius 3 is 1.55 bits per heavy atom. The lowest BCUT2D eigenvalue weighted by Gasteiger charge is -2.28. The van der Waals surface area contributed by atoms with Gasteiger partial charge in [0.2, 0.25) is 0 Å². The Kier molecular flexibility index (Phi) is 8.87. The highest BCUT2D eigenvalue weighted by atomic mass is 15.1. The van der Waals surface area contributed by atoms with Gasteiger partial charge in [-0.1, -0.05) is 188 Å². The van der Waals surface area contributed by atoms with Crippen LogP contribution in [0.5, 0.6) is 0 Å². The van der Waals surface area contributed by atoms with Gasteiger partial charge in [0.15, 0.2) is 0 Å². The first-order chi connectivity index (χ1) is 29.8. The Hall–Kier alpha value is -7.94. The van der Waals surface area contributed by atoms with Gasteiger partial charge in [0.1, 0.15) is 0 Å². The molecule has 11 aromatic rings. The van der Waals surface area contributed by atoms with Crippen LogP contribution >= 0.6 is 0 Å². The number of para-hydroxylation sites is 2. The van der Waals surface area contributed by atoms with Gasteiger partial charge in [-0.2, -0.15) is 0 Å². The van der Waals surface area contributed by atoms with E-state index in [4.69, 9.17) is 0 Å². The van der Waals surface area contributed by atoms with Gasteiger partial charge < -0.3 is 9.47 Å². The molecule has 11 rings (SSSR count). The molecule has 60 heavy (non-hydrogen) atoms. The van der Waals surface area contributed by atoms with Crippen molar-refractivity contribution in [2.24, 2.45) is 0 Å². The summed E-state index contributed by atoms with van der Waals surface area (Å²) < 4.78 is 2.42. The Morgan fingerprint density at radius 2 is 0.817 bits per heavy atom. The van der Waals surface area contributed by atoms with E-state index in [1.165, 1.54) is 66.0 Å². The molecular weight excluding hydrogens is 725 g/mol. The van der Waals surface area contributed by atoms with Gasteiger partial charge in [0.25, 0.3) is 0 Å². The number of anilines is 3. The molecule has 10 aromatic carbocycles. The van der Waals surface area contributed by atoms with E-state index in [9.17, 15) is 0 Å². The molecule has 1 heterocycles. The lowest BCUT2D eigenvalue weighted by Crippen LogP contribution is -2.11. The second kappa shape index (κ2) is 15.1. The van der Waals surface area contributed by atoms with Crippen molar-refractivity contribution >= 4 is 49.6 Å². The minimum Gasteiger partial charge on any atom is -0.310 e. The SMILES string of the molecule is c1ccc(-c2ccccc2-c2ccc(-n3c4ccccc4c4ccc(N(c5ccccc5)c5ccc(-c6cccc7ccccc67)cc5-c5ccccc5)cc43)cc2)cc1. The standard InChI is InChI=1S/C58H40N2/c1-4-17-41(18-5-1)49-26-12-13-27-51(49)44-31-34-47(35-32-44)60-56-30-15-14-28-53(56)54-37-36-48(40-58(54)60)59(46-23-8-3-9-24-46)57-38-33-45(39-55(57)43-19-6-2-7-20-43)52-29-16-22-42-21-10-11-25-50(42)52/h1-40H. The van der Waals surface area contributed by atoms with Crippen LogP contribution in [-0.2, 0) is 0 Å². The summed E-state index contributed by atoms with van der Waals surface area (Å²) in [5.74, 6) is 0. The van der Waals surface area contributed by atoms with Gasteiger partial charge in [-0.25, -0.2) is 0 Å². The number of hydrogen-bond acceptors (Lipinski definition) is 1. The predicted octanol–water partition coefficient (Wildman–Crippen LogP) is 16.1. The highest BCUT2D eigenvalue weighted by molar-refractivity contribution is 6.11. The monoisotopic (exact) mass is 764 g/mol. The molecule has 0 spiro atoms. The smallest absolute Gasteiger partial charge is 0.0561 e. The van der Waals surface area contributed by atoms with E-state index in [0.717, 1.165) is 33.8 Å². The second-order valence-corrected chi connectivity index (χ2v) is 15.3. The molecule has 0 bridgehead atoms. The molecule has 2 heteroatoms. The van der Waals surface area contributed by atoms with Crippen molar-refractivity contribution in [2.45, 2.75) is 0 Å². The fourth-order valence-corrected chi connectivity index (χ4v) is 9.00. The molecular formula is C58H40N2. The van der Waals surface area contributed by atoms with E-state index in [0.29, 0.717) is 0 Å². The molecule has 0 fully saturated rings. The minimum absolute atomic E-state index is 1.08. The van der Waals surface area contributed by atoms with Crippen LogP contribution in [-0.4, -0.2) is 4.57 Å². The molecule has 1 aromatic heterocycles. The molecule has 2 nitrogen and oxygen atoms in total. The maximum Gasteiger partial charge on any atom is 0.0561 e. The van der Waals surface area contributed by atoms with Gasteiger partial charge in [-0.3, -0.25) is 0 Å². The van der Waals surface area contributed by atoms with Gasteiger partial charge in [0.05, 0.1) is 16.7 Å². The molecule has 0 radical (unpaired) electrons. The molecule has 0 aliphatic rings. The molecule has 282 valence electrons. The van der Waals surface area contributed by atoms with E-state index in [-0.39, 0.29) is 0 Å². The lowest BCUT2D eigenvalue weighted by molar-refractivity contribution is 1.18. The summed E-state index contributed by atoms with van der Waals surface area (Å²) in [6, 6.07) is 87.9. The predicted molar refractivity (Wildman–Crippen MR) is 255 cm³/mol. The van der Waals surface area contributed by atoms with Crippen LogP contribution in [0.2, 0.25) is 0 Å². The van der Waals surface area contributed by atoms with E-state index >= 15 is 0 Å². The average Bonchev–Trinajstić information content (AvgIpc) is 3.66. The summed E-state index contributed by atoms with van der Waals surface area (Å²) in [5, 5.41) is 4.93. The van der Waals surface area contributed by atoms with Crippen molar-refractivity contribution in [2.75, 3.05) is 4.90 Å². The average molecular weight is 765 g/mol. The van der Waals surface area contributed by atoms with Gasteiger partial charge >= 0.3 is 0 Å². The third kappa shape index (κ3) is 6.23. The van der Waals surface area contributed by atoms with Gasteiger partial charge in [-0.05, 0) is 104 Å². The highest BCUT2D eigenvalue weighted by Gasteiger charge is 2.21. The third-order valence-electron chi connectivity index (χ3n) is 11.8. The zero-order valence-electron chi connectivity index (χ0n) is 33.0. The van der Waals surface area contributed by atoms with Crippen molar-refractivity contribution in [1.82, 2.24) is 4.57 Å². The number of benzene rings is 10. The molecule has 0 saturated heterocycles. The summed E-state index contributed by atoms with van der Waals surface area (Å²) >= 11 is 0. The van der Waals surface area contributed by atoms with Crippen molar-refractivity contribution in [1.29, 1.82) is 0 Å². The summed E-state index contributed by atoms with van der Waals surface area (Å²) in [5.41, 5.74) is 16.3. The van der Waals surface area contributed by atoms with Crippen LogP contribution in [0.1, 0.15) is 0 Å². The molecule has 0 atom stereocenters. The van der Waals surface area contributed by atoms with Crippen molar-refractivity contribution in [3.05, 3.63) is 243 Å². The Balaban J connectivity index is 1.09. The Morgan fingerprint density at radius 1 is 0.283 bits per heavy atom. The molecule has 0 saturated carbocycles. The van der Waals surface area contributed by atoms with Gasteiger partial charge in [-0.15, -0.1) is 0 Å². The van der Waals surface area contributed by atoms with E-state index in [1.807, 2.05) is 0 Å². The van der Waals surface area contributed by atoms with Crippen LogP contribution in [0, 0.1) is 0 Å². The van der Waals surface area contributed by atoms with Crippen molar-refractivity contribution < 1.29 is 0 Å². The first-order valence-corrected chi connectivity index (χ1v) is 20.6. The fraction of sp³-hybridized carbons (Fsp3) is 0. The van der Waals surface area contributed by atoms with E-state index in [1.54, 1.807) is 0 Å². The zero-order valence-corrected chi connectivity index (χ0v) is 33.0. The fourth-order valence-electron chi connectivity index (χ4n) is 9.00. The molecule has 0 aliphatic carbocycles. The highest BCUT2D eigenvalue weighted by Crippen LogP contribution is 2.45. The van der Waals surface area contributed by atoms with Crippen LogP contribution < -0.4 is 4.90 Å². The van der Waals surface area contributed by atoms with Crippen LogP contribution in [0.15, 0.2) is 243 Å². The first-order valence-electron chi connectivity index (χ1n) is 20.6. The largest absolute Gasteiger partial charge is 0.310 e. The molecule has 0 N–H and O–H groups in total. The van der Waals surface area contributed by atoms with Crippen molar-refractivity contribution in [3.8, 4) is 50.2 Å². The summed E-state index contributed by atoms with van der Waals surface area (Å²) in [6.45, 7) is 0. The van der Waals surface area contributed by atoms with Crippen LogP contribution in [0.4, 0.5) is 17.1 Å². The Bertz CT molecular complexity index is 3290. The Labute approximate surface area is 350 Å². The van der Waals surface area contributed by atoms with E-state index in [2.05, 4.69) is 252 Å². The molecule has 0 aliphatic heterocycles. The first kappa shape index (κ1) is 35.2. The molecule has 0 unspecified atom stereocenters. The van der Waals surface area contributed by atoms with Crippen LogP contribution in [0.3, 0.4) is 0 Å². The lowest BCUT2D eigenvalue weighted by atomic mass is 9.93. The number of aromatic nitrogens is 1. The molecule has 0 amide bonds. The van der Waals surface area contributed by atoms with Gasteiger partial charge in [0, 0.05) is 33.4 Å². The maximum absolute atomic E-state index is 2.42. The topological polar surface area (TPSA) is 8.17 Å². The summed E-state index contributed by atoms with van der Waals surface area (Å²) in [4.78, 5) is 2.42.